The standard InChI is InChI=1S/C12H8ClN3S/c13-8-1-2-10-11(4-8)17-12(16-10)7-3-9(14)6-15-5-7/h1-6H,14H2. The smallest absolute Gasteiger partial charge is 0.126 e. The van der Waals surface area contributed by atoms with Crippen molar-refractivity contribution in [3.63, 3.8) is 0 Å². The minimum Gasteiger partial charge on any atom is -0.397 e. The van der Waals surface area contributed by atoms with Gasteiger partial charge in [0.2, 0.25) is 0 Å². The van der Waals surface area contributed by atoms with Crippen molar-refractivity contribution in [1.29, 1.82) is 0 Å². The first kappa shape index (κ1) is 10.5. The lowest BCUT2D eigenvalue weighted by Gasteiger charge is -1.95. The molecule has 2 aromatic heterocycles. The maximum atomic E-state index is 5.95. The largest absolute Gasteiger partial charge is 0.397 e. The summed E-state index contributed by atoms with van der Waals surface area (Å²) in [6.07, 6.45) is 3.38. The molecule has 0 fully saturated rings. The van der Waals surface area contributed by atoms with E-state index in [1.165, 1.54) is 0 Å². The fourth-order valence-corrected chi connectivity index (χ4v) is 2.82. The molecule has 3 aromatic rings. The lowest BCUT2D eigenvalue weighted by atomic mass is 10.3. The highest BCUT2D eigenvalue weighted by Gasteiger charge is 2.07. The van der Waals surface area contributed by atoms with Crippen LogP contribution >= 0.6 is 22.9 Å². The first-order valence-electron chi connectivity index (χ1n) is 4.99. The third-order valence-electron chi connectivity index (χ3n) is 2.36. The topological polar surface area (TPSA) is 51.8 Å². The molecule has 84 valence electrons. The van der Waals surface area contributed by atoms with Gasteiger partial charge in [0.15, 0.2) is 0 Å². The van der Waals surface area contributed by atoms with Crippen LogP contribution in [-0.2, 0) is 0 Å². The fourth-order valence-electron chi connectivity index (χ4n) is 1.60. The summed E-state index contributed by atoms with van der Waals surface area (Å²) in [5, 5.41) is 1.63. The van der Waals surface area contributed by atoms with Crippen molar-refractivity contribution in [2.75, 3.05) is 5.73 Å². The van der Waals surface area contributed by atoms with Gasteiger partial charge in [-0.1, -0.05) is 11.6 Å². The highest BCUT2D eigenvalue weighted by Crippen LogP contribution is 2.31. The van der Waals surface area contributed by atoms with E-state index in [0.29, 0.717) is 5.69 Å². The van der Waals surface area contributed by atoms with Gasteiger partial charge in [-0.15, -0.1) is 11.3 Å². The average molecular weight is 262 g/mol. The number of nitrogens with two attached hydrogens (primary N) is 1. The molecule has 0 unspecified atom stereocenters. The molecule has 2 N–H and O–H groups in total. The van der Waals surface area contributed by atoms with Gasteiger partial charge >= 0.3 is 0 Å². The van der Waals surface area contributed by atoms with Crippen LogP contribution in [0.4, 0.5) is 5.69 Å². The van der Waals surface area contributed by atoms with Crippen LogP contribution < -0.4 is 5.73 Å². The van der Waals surface area contributed by atoms with Crippen molar-refractivity contribution in [2.24, 2.45) is 0 Å². The van der Waals surface area contributed by atoms with E-state index < -0.39 is 0 Å². The van der Waals surface area contributed by atoms with Gasteiger partial charge in [0.25, 0.3) is 0 Å². The van der Waals surface area contributed by atoms with Crippen molar-refractivity contribution in [3.05, 3.63) is 41.7 Å². The van der Waals surface area contributed by atoms with Crippen molar-refractivity contribution < 1.29 is 0 Å². The van der Waals surface area contributed by atoms with E-state index in [1.54, 1.807) is 23.7 Å². The van der Waals surface area contributed by atoms with Crippen molar-refractivity contribution in [3.8, 4) is 10.6 Å². The number of rotatable bonds is 1. The Bertz CT molecular complexity index is 693. The molecule has 0 aliphatic rings. The van der Waals surface area contributed by atoms with Crippen molar-refractivity contribution in [1.82, 2.24) is 9.97 Å². The van der Waals surface area contributed by atoms with E-state index in [0.717, 1.165) is 25.8 Å². The molecule has 1 aromatic carbocycles. The van der Waals surface area contributed by atoms with Gasteiger partial charge in [-0.05, 0) is 24.3 Å². The number of pyridine rings is 1. The minimum absolute atomic E-state index is 0.639. The van der Waals surface area contributed by atoms with Crippen LogP contribution in [0, 0.1) is 0 Å². The van der Waals surface area contributed by atoms with E-state index in [4.69, 9.17) is 17.3 Å². The normalized spacial score (nSPS) is 10.9. The van der Waals surface area contributed by atoms with Gasteiger partial charge in [-0.2, -0.15) is 0 Å². The van der Waals surface area contributed by atoms with Gasteiger partial charge in [-0.3, -0.25) is 4.98 Å². The zero-order valence-corrected chi connectivity index (χ0v) is 10.3. The molecule has 0 amide bonds. The first-order chi connectivity index (χ1) is 8.22. The summed E-state index contributed by atoms with van der Waals surface area (Å²) in [4.78, 5) is 8.59. The molecule has 0 atom stereocenters. The zero-order chi connectivity index (χ0) is 11.8. The van der Waals surface area contributed by atoms with Crippen LogP contribution in [0.1, 0.15) is 0 Å². The van der Waals surface area contributed by atoms with Crippen molar-refractivity contribution in [2.45, 2.75) is 0 Å². The van der Waals surface area contributed by atoms with Gasteiger partial charge in [-0.25, -0.2) is 4.98 Å². The monoisotopic (exact) mass is 261 g/mol. The lowest BCUT2D eigenvalue weighted by molar-refractivity contribution is 1.32. The molecule has 0 aliphatic carbocycles. The highest BCUT2D eigenvalue weighted by molar-refractivity contribution is 7.21. The number of hydrogen-bond acceptors (Lipinski definition) is 4. The van der Waals surface area contributed by atoms with Crippen LogP contribution in [0.3, 0.4) is 0 Å². The third kappa shape index (κ3) is 1.97. The predicted molar refractivity (Wildman–Crippen MR) is 72.3 cm³/mol. The van der Waals surface area contributed by atoms with Crippen LogP contribution in [0.25, 0.3) is 20.8 Å². The molecule has 0 saturated carbocycles. The Balaban J connectivity index is 2.18. The summed E-state index contributed by atoms with van der Waals surface area (Å²) in [7, 11) is 0. The average Bonchev–Trinajstić information content (AvgIpc) is 2.72. The summed E-state index contributed by atoms with van der Waals surface area (Å²) >= 11 is 7.53. The number of nitrogens with zero attached hydrogens (tertiary/aromatic N) is 2. The van der Waals surface area contributed by atoms with E-state index in [9.17, 15) is 0 Å². The van der Waals surface area contributed by atoms with Gasteiger partial charge in [0, 0.05) is 23.0 Å². The fraction of sp³-hybridized carbons (Fsp3) is 0. The number of aromatic nitrogens is 2. The zero-order valence-electron chi connectivity index (χ0n) is 8.72. The van der Waals surface area contributed by atoms with Gasteiger partial charge in [0.1, 0.15) is 5.01 Å². The summed E-state index contributed by atoms with van der Waals surface area (Å²) in [5.74, 6) is 0. The minimum atomic E-state index is 0.639. The van der Waals surface area contributed by atoms with Crippen LogP contribution in [-0.4, -0.2) is 9.97 Å². The van der Waals surface area contributed by atoms with Crippen molar-refractivity contribution >= 4 is 38.8 Å². The van der Waals surface area contributed by atoms with E-state index >= 15 is 0 Å². The number of thiazole rings is 1. The maximum Gasteiger partial charge on any atom is 0.126 e. The van der Waals surface area contributed by atoms with Crippen LogP contribution in [0.5, 0.6) is 0 Å². The molecule has 0 radical (unpaired) electrons. The third-order valence-corrected chi connectivity index (χ3v) is 3.66. The Morgan fingerprint density at radius 1 is 1.18 bits per heavy atom. The molecular formula is C12H8ClN3S. The number of nitrogen functional groups attached to an aromatic ring is 1. The summed E-state index contributed by atoms with van der Waals surface area (Å²) in [6, 6.07) is 7.53. The summed E-state index contributed by atoms with van der Waals surface area (Å²) in [5.41, 5.74) is 8.22. The number of halogens is 1. The van der Waals surface area contributed by atoms with Gasteiger partial charge in [0.05, 0.1) is 15.9 Å². The molecule has 3 nitrogen and oxygen atoms in total. The number of anilines is 1. The van der Waals surface area contributed by atoms with Crippen LogP contribution in [0.2, 0.25) is 5.02 Å². The molecule has 17 heavy (non-hydrogen) atoms. The Morgan fingerprint density at radius 3 is 2.88 bits per heavy atom. The first-order valence-corrected chi connectivity index (χ1v) is 6.19. The Labute approximate surface area is 107 Å². The molecule has 5 heteroatoms. The number of benzene rings is 1. The van der Waals surface area contributed by atoms with E-state index in [1.807, 2.05) is 24.3 Å². The van der Waals surface area contributed by atoms with Gasteiger partial charge < -0.3 is 5.73 Å². The highest BCUT2D eigenvalue weighted by atomic mass is 35.5. The van der Waals surface area contributed by atoms with E-state index in [2.05, 4.69) is 9.97 Å². The molecule has 0 saturated heterocycles. The quantitative estimate of drug-likeness (QED) is 0.728. The predicted octanol–water partition coefficient (Wildman–Crippen LogP) is 3.59. The SMILES string of the molecule is Nc1cncc(-c2nc3ccc(Cl)cc3s2)c1. The second-order valence-corrected chi connectivity index (χ2v) is 5.11. The summed E-state index contributed by atoms with van der Waals surface area (Å²) < 4.78 is 1.06. The second kappa shape index (κ2) is 3.98. The molecular weight excluding hydrogens is 254 g/mol. The number of hydrogen-bond donors (Lipinski definition) is 1. The Hall–Kier alpha value is -1.65. The maximum absolute atomic E-state index is 5.95. The second-order valence-electron chi connectivity index (χ2n) is 3.64. The summed E-state index contributed by atoms with van der Waals surface area (Å²) in [6.45, 7) is 0. The lowest BCUT2D eigenvalue weighted by Crippen LogP contribution is -1.86. The number of fused-ring (bicyclic) bond motifs is 1. The molecule has 2 heterocycles. The molecule has 3 rings (SSSR count). The van der Waals surface area contributed by atoms with E-state index in [-0.39, 0.29) is 0 Å². The molecule has 0 bridgehead atoms. The Morgan fingerprint density at radius 2 is 2.06 bits per heavy atom. The molecule has 0 spiro atoms. The van der Waals surface area contributed by atoms with Crippen LogP contribution in [0.15, 0.2) is 36.7 Å². The molecule has 0 aliphatic heterocycles. The Kier molecular flexibility index (Phi) is 2.46.